The molecule has 0 aromatic heterocycles. The summed E-state index contributed by atoms with van der Waals surface area (Å²) in [7, 11) is 0. The van der Waals surface area contributed by atoms with Crippen LogP contribution in [0.3, 0.4) is 0 Å². The Hall–Kier alpha value is -2.04. The zero-order valence-corrected chi connectivity index (χ0v) is 13.3. The molecule has 1 unspecified atom stereocenters. The van der Waals surface area contributed by atoms with Crippen molar-refractivity contribution in [2.75, 3.05) is 13.2 Å². The van der Waals surface area contributed by atoms with E-state index in [1.807, 2.05) is 13.8 Å². The molecule has 0 radical (unpaired) electrons. The third-order valence-electron chi connectivity index (χ3n) is 3.84. The fourth-order valence-corrected chi connectivity index (χ4v) is 2.87. The topological polar surface area (TPSA) is 61.6 Å². The molecule has 0 aliphatic heterocycles. The smallest absolute Gasteiger partial charge is 0.277 e. The molecule has 1 aliphatic carbocycles. The Morgan fingerprint density at radius 3 is 2.64 bits per heavy atom. The van der Waals surface area contributed by atoms with Crippen LogP contribution < -0.4 is 9.47 Å². The summed E-state index contributed by atoms with van der Waals surface area (Å²) in [6, 6.07) is 1.52. The maximum absolute atomic E-state index is 11.4. The van der Waals surface area contributed by atoms with Gasteiger partial charge in [0, 0.05) is 17.0 Å². The fourth-order valence-electron chi connectivity index (χ4n) is 2.87. The minimum Gasteiger partial charge on any atom is -0.489 e. The molecule has 1 aromatic carbocycles. The van der Waals surface area contributed by atoms with Crippen molar-refractivity contribution in [1.82, 2.24) is 0 Å². The van der Waals surface area contributed by atoms with Crippen molar-refractivity contribution >= 4 is 5.69 Å². The largest absolute Gasteiger partial charge is 0.489 e. The zero-order valence-electron chi connectivity index (χ0n) is 13.3. The van der Waals surface area contributed by atoms with Gasteiger partial charge in [0.2, 0.25) is 0 Å². The van der Waals surface area contributed by atoms with E-state index in [9.17, 15) is 10.1 Å². The average Bonchev–Trinajstić information content (AvgIpc) is 2.94. The van der Waals surface area contributed by atoms with Crippen molar-refractivity contribution in [3.05, 3.63) is 40.0 Å². The maximum Gasteiger partial charge on any atom is 0.277 e. The minimum atomic E-state index is -0.330. The maximum atomic E-state index is 11.4. The van der Waals surface area contributed by atoms with E-state index >= 15 is 0 Å². The lowest BCUT2D eigenvalue weighted by atomic mass is 9.98. The number of rotatable bonds is 8. The Morgan fingerprint density at radius 2 is 2.05 bits per heavy atom. The van der Waals surface area contributed by atoms with Gasteiger partial charge in [0.25, 0.3) is 5.69 Å². The van der Waals surface area contributed by atoms with Crippen LogP contribution in [0.25, 0.3) is 0 Å². The quantitative estimate of drug-likeness (QED) is 0.406. The summed E-state index contributed by atoms with van der Waals surface area (Å²) in [5.74, 6) is 1.19. The van der Waals surface area contributed by atoms with E-state index in [1.165, 1.54) is 6.07 Å². The van der Waals surface area contributed by atoms with Crippen LogP contribution in [0.4, 0.5) is 5.69 Å². The van der Waals surface area contributed by atoms with E-state index < -0.39 is 0 Å². The summed E-state index contributed by atoms with van der Waals surface area (Å²) < 4.78 is 11.6. The Kier molecular flexibility index (Phi) is 5.41. The van der Waals surface area contributed by atoms with Gasteiger partial charge in [-0.25, -0.2) is 0 Å². The molecular formula is C17H23NO4. The van der Waals surface area contributed by atoms with Gasteiger partial charge < -0.3 is 9.47 Å². The first kappa shape index (κ1) is 16.3. The van der Waals surface area contributed by atoms with Gasteiger partial charge in [-0.2, -0.15) is 0 Å². The van der Waals surface area contributed by atoms with Gasteiger partial charge in [-0.05, 0) is 25.7 Å². The standard InChI is InChI=1S/C17H23NO4/c1-4-9-21-15-11-14(18(19)20)16-12(6-3)7-8-13(16)17(15)22-10-5-2/h6,11-12H,3-5,7-10H2,1-2H3. The second-order valence-electron chi connectivity index (χ2n) is 5.45. The number of fused-ring (bicyclic) bond motifs is 1. The van der Waals surface area contributed by atoms with Crippen molar-refractivity contribution in [2.45, 2.75) is 45.4 Å². The first-order valence-electron chi connectivity index (χ1n) is 7.86. The lowest BCUT2D eigenvalue weighted by Crippen LogP contribution is -2.06. The molecule has 0 saturated carbocycles. The van der Waals surface area contributed by atoms with E-state index in [0.717, 1.165) is 36.8 Å². The number of nitro groups is 1. The summed E-state index contributed by atoms with van der Waals surface area (Å²) in [6.45, 7) is 8.94. The van der Waals surface area contributed by atoms with Crippen molar-refractivity contribution in [2.24, 2.45) is 0 Å². The number of hydrogen-bond donors (Lipinski definition) is 0. The van der Waals surface area contributed by atoms with Crippen LogP contribution in [0.15, 0.2) is 18.7 Å². The molecule has 120 valence electrons. The van der Waals surface area contributed by atoms with E-state index in [1.54, 1.807) is 6.08 Å². The number of allylic oxidation sites excluding steroid dienone is 1. The van der Waals surface area contributed by atoms with Gasteiger partial charge in [0.05, 0.1) is 24.2 Å². The van der Waals surface area contributed by atoms with Crippen molar-refractivity contribution < 1.29 is 14.4 Å². The number of nitrogens with zero attached hydrogens (tertiary/aromatic N) is 1. The van der Waals surface area contributed by atoms with Gasteiger partial charge in [-0.3, -0.25) is 10.1 Å². The van der Waals surface area contributed by atoms with Crippen LogP contribution in [-0.2, 0) is 6.42 Å². The summed E-state index contributed by atoms with van der Waals surface area (Å²) in [4.78, 5) is 11.1. The van der Waals surface area contributed by atoms with Crippen LogP contribution in [0, 0.1) is 10.1 Å². The van der Waals surface area contributed by atoms with Crippen LogP contribution in [0.5, 0.6) is 11.5 Å². The monoisotopic (exact) mass is 305 g/mol. The van der Waals surface area contributed by atoms with Crippen LogP contribution >= 0.6 is 0 Å². The number of nitro benzene ring substituents is 1. The summed E-state index contributed by atoms with van der Waals surface area (Å²) in [6.07, 6.45) is 5.10. The molecule has 22 heavy (non-hydrogen) atoms. The molecule has 0 saturated heterocycles. The lowest BCUT2D eigenvalue weighted by Gasteiger charge is -2.17. The lowest BCUT2D eigenvalue weighted by molar-refractivity contribution is -0.385. The predicted molar refractivity (Wildman–Crippen MR) is 85.9 cm³/mol. The van der Waals surface area contributed by atoms with Gasteiger partial charge >= 0.3 is 0 Å². The molecule has 0 fully saturated rings. The predicted octanol–water partition coefficient (Wildman–Crippen LogP) is 4.39. The third kappa shape index (κ3) is 3.08. The molecule has 5 heteroatoms. The Labute approximate surface area is 131 Å². The molecule has 5 nitrogen and oxygen atoms in total. The number of ether oxygens (including phenoxy) is 2. The fraction of sp³-hybridized carbons (Fsp3) is 0.529. The molecule has 2 rings (SSSR count). The Morgan fingerprint density at radius 1 is 1.36 bits per heavy atom. The number of hydrogen-bond acceptors (Lipinski definition) is 4. The minimum absolute atomic E-state index is 0.0135. The highest BCUT2D eigenvalue weighted by molar-refractivity contribution is 5.64. The first-order valence-corrected chi connectivity index (χ1v) is 7.86. The van der Waals surface area contributed by atoms with Crippen molar-refractivity contribution in [3.8, 4) is 11.5 Å². The molecule has 0 heterocycles. The van der Waals surface area contributed by atoms with Crippen LogP contribution in [0.2, 0.25) is 0 Å². The summed E-state index contributed by atoms with van der Waals surface area (Å²) in [5.41, 5.74) is 1.78. The van der Waals surface area contributed by atoms with Gasteiger partial charge in [-0.15, -0.1) is 6.58 Å². The second-order valence-corrected chi connectivity index (χ2v) is 5.45. The molecular weight excluding hydrogens is 282 g/mol. The zero-order chi connectivity index (χ0) is 16.1. The first-order chi connectivity index (χ1) is 10.6. The highest BCUT2D eigenvalue weighted by Crippen LogP contribution is 2.48. The molecule has 1 aromatic rings. The normalized spacial score (nSPS) is 16.2. The Balaban J connectivity index is 2.56. The molecule has 1 atom stereocenters. The van der Waals surface area contributed by atoms with Gasteiger partial charge in [0.15, 0.2) is 11.5 Å². The van der Waals surface area contributed by atoms with Crippen molar-refractivity contribution in [1.29, 1.82) is 0 Å². The second kappa shape index (κ2) is 7.29. The van der Waals surface area contributed by atoms with Crippen LogP contribution in [0.1, 0.15) is 50.2 Å². The van der Waals surface area contributed by atoms with Gasteiger partial charge in [-0.1, -0.05) is 19.9 Å². The Bertz CT molecular complexity index is 568. The third-order valence-corrected chi connectivity index (χ3v) is 3.84. The SMILES string of the molecule is C=CC1CCc2c(OCCC)c(OCCC)cc([N+](=O)[O-])c21. The van der Waals surface area contributed by atoms with Gasteiger partial charge in [0.1, 0.15) is 0 Å². The number of benzene rings is 1. The summed E-state index contributed by atoms with van der Waals surface area (Å²) >= 11 is 0. The van der Waals surface area contributed by atoms with E-state index in [-0.39, 0.29) is 16.5 Å². The van der Waals surface area contributed by atoms with E-state index in [2.05, 4.69) is 6.58 Å². The molecule has 1 aliphatic rings. The highest BCUT2D eigenvalue weighted by Gasteiger charge is 2.34. The molecule has 0 N–H and O–H groups in total. The highest BCUT2D eigenvalue weighted by atomic mass is 16.6. The molecule has 0 spiro atoms. The summed E-state index contributed by atoms with van der Waals surface area (Å²) in [5, 5.41) is 11.4. The molecule has 0 bridgehead atoms. The van der Waals surface area contributed by atoms with E-state index in [4.69, 9.17) is 9.47 Å². The molecule has 0 amide bonds. The van der Waals surface area contributed by atoms with Crippen LogP contribution in [-0.4, -0.2) is 18.1 Å². The van der Waals surface area contributed by atoms with Crippen molar-refractivity contribution in [3.63, 3.8) is 0 Å². The van der Waals surface area contributed by atoms with E-state index in [0.29, 0.717) is 24.7 Å². The average molecular weight is 305 g/mol.